The number of oxazole rings is 1. The number of ether oxygens (including phenoxy) is 1. The van der Waals surface area contributed by atoms with Crippen LogP contribution in [-0.2, 0) is 21.7 Å². The maximum absolute atomic E-state index is 13.8. The van der Waals surface area contributed by atoms with E-state index in [9.17, 15) is 20.0 Å². The average molecular weight is 601 g/mol. The second kappa shape index (κ2) is 14.7. The summed E-state index contributed by atoms with van der Waals surface area (Å²) < 4.78 is 11.2. The lowest BCUT2D eigenvalue weighted by Crippen LogP contribution is -2.47. The molecule has 10 heteroatoms. The SMILES string of the molecule is CC(C)(C)OC(=O)NCC(SCc1ccccc1C#N)C(=O)NC(CCc1ccccc1)C(O)c1nc2ccccc2o1. The molecular formula is C33H36N4O5S. The number of fused-ring (bicyclic) bond motifs is 1. The largest absolute Gasteiger partial charge is 0.444 e. The number of amides is 2. The molecule has 0 aliphatic rings. The standard InChI is InChI=1S/C33H36N4O5S/c1-33(2,3)42-32(40)35-20-28(43-21-24-14-8-7-13-23(24)19-34)30(39)36-26(18-17-22-11-5-4-6-12-22)29(38)31-37-25-15-9-10-16-27(25)41-31/h4-16,26,28-29,38H,17-18,20-21H2,1-3H3,(H,35,40)(H,36,39). The number of carbonyl (C=O) groups excluding carboxylic acids is 2. The van der Waals surface area contributed by atoms with Gasteiger partial charge in [-0.1, -0.05) is 60.7 Å². The molecule has 0 saturated carbocycles. The van der Waals surface area contributed by atoms with Gasteiger partial charge < -0.3 is 24.9 Å². The summed E-state index contributed by atoms with van der Waals surface area (Å²) in [4.78, 5) is 30.7. The Morgan fingerprint density at radius 3 is 2.47 bits per heavy atom. The summed E-state index contributed by atoms with van der Waals surface area (Å²) >= 11 is 1.29. The second-order valence-corrected chi connectivity index (χ2v) is 12.2. The topological polar surface area (TPSA) is 137 Å². The van der Waals surface area contributed by atoms with Crippen molar-refractivity contribution in [3.63, 3.8) is 0 Å². The van der Waals surface area contributed by atoms with Gasteiger partial charge in [0.25, 0.3) is 0 Å². The molecule has 1 heterocycles. The van der Waals surface area contributed by atoms with E-state index >= 15 is 0 Å². The van der Waals surface area contributed by atoms with Crippen LogP contribution in [0, 0.1) is 11.3 Å². The highest BCUT2D eigenvalue weighted by Crippen LogP contribution is 2.26. The maximum atomic E-state index is 13.8. The minimum atomic E-state index is -1.22. The second-order valence-electron chi connectivity index (χ2n) is 11.1. The van der Waals surface area contributed by atoms with Crippen LogP contribution in [0.15, 0.2) is 83.3 Å². The minimum absolute atomic E-state index is 0.0233. The smallest absolute Gasteiger partial charge is 0.407 e. The molecule has 3 atom stereocenters. The fourth-order valence-corrected chi connectivity index (χ4v) is 5.46. The van der Waals surface area contributed by atoms with E-state index in [1.165, 1.54) is 11.8 Å². The zero-order chi connectivity index (χ0) is 30.8. The lowest BCUT2D eigenvalue weighted by Gasteiger charge is -2.26. The minimum Gasteiger partial charge on any atom is -0.444 e. The number of nitrogens with one attached hydrogen (secondary N) is 2. The molecule has 43 heavy (non-hydrogen) atoms. The normalized spacial score (nSPS) is 13.5. The number of alkyl carbamates (subject to hydrolysis) is 1. The molecule has 9 nitrogen and oxygen atoms in total. The summed E-state index contributed by atoms with van der Waals surface area (Å²) in [6, 6.07) is 25.6. The van der Waals surface area contributed by atoms with Crippen LogP contribution < -0.4 is 10.6 Å². The van der Waals surface area contributed by atoms with Crippen molar-refractivity contribution in [2.45, 2.75) is 62.4 Å². The number of rotatable bonds is 12. The van der Waals surface area contributed by atoms with E-state index in [-0.39, 0.29) is 18.3 Å². The van der Waals surface area contributed by atoms with Gasteiger partial charge in [-0.25, -0.2) is 9.78 Å². The van der Waals surface area contributed by atoms with Gasteiger partial charge in [0.1, 0.15) is 16.4 Å². The predicted molar refractivity (Wildman–Crippen MR) is 166 cm³/mol. The van der Waals surface area contributed by atoms with E-state index in [0.717, 1.165) is 11.1 Å². The lowest BCUT2D eigenvalue weighted by atomic mass is 10.0. The number of carbonyl (C=O) groups is 2. The third kappa shape index (κ3) is 9.33. The van der Waals surface area contributed by atoms with Gasteiger partial charge in [-0.2, -0.15) is 5.26 Å². The maximum Gasteiger partial charge on any atom is 0.407 e. The summed E-state index contributed by atoms with van der Waals surface area (Å²) in [6.45, 7) is 5.25. The Morgan fingerprint density at radius 2 is 1.74 bits per heavy atom. The highest BCUT2D eigenvalue weighted by Gasteiger charge is 2.30. The first kappa shape index (κ1) is 31.6. The number of aliphatic hydroxyl groups excluding tert-OH is 1. The summed E-state index contributed by atoms with van der Waals surface area (Å²) in [5.41, 5.74) is 2.79. The Labute approximate surface area is 255 Å². The van der Waals surface area contributed by atoms with Gasteiger partial charge in [0, 0.05) is 12.3 Å². The number of benzene rings is 3. The van der Waals surface area contributed by atoms with Gasteiger partial charge in [-0.15, -0.1) is 11.8 Å². The number of thioether (sulfide) groups is 1. The zero-order valence-corrected chi connectivity index (χ0v) is 25.3. The Kier molecular flexibility index (Phi) is 10.8. The predicted octanol–water partition coefficient (Wildman–Crippen LogP) is 5.68. The number of aryl methyl sites for hydroxylation is 1. The summed E-state index contributed by atoms with van der Waals surface area (Å²) in [5.74, 6) is 0.0857. The molecule has 0 fully saturated rings. The van der Waals surface area contributed by atoms with Crippen LogP contribution in [0.2, 0.25) is 0 Å². The molecule has 0 spiro atoms. The molecule has 0 bridgehead atoms. The van der Waals surface area contributed by atoms with E-state index in [1.54, 1.807) is 45.0 Å². The Hall–Kier alpha value is -4.33. The van der Waals surface area contributed by atoms with Crippen molar-refractivity contribution in [2.24, 2.45) is 0 Å². The number of nitrogens with zero attached hydrogens (tertiary/aromatic N) is 2. The number of nitriles is 1. The van der Waals surface area contributed by atoms with Crippen molar-refractivity contribution in [2.75, 3.05) is 6.54 Å². The van der Waals surface area contributed by atoms with Crippen molar-refractivity contribution in [1.82, 2.24) is 15.6 Å². The monoisotopic (exact) mass is 600 g/mol. The first-order valence-electron chi connectivity index (χ1n) is 14.1. The van der Waals surface area contributed by atoms with Crippen LogP contribution >= 0.6 is 11.8 Å². The first-order valence-corrected chi connectivity index (χ1v) is 15.1. The molecule has 224 valence electrons. The van der Waals surface area contributed by atoms with Gasteiger partial charge in [0.05, 0.1) is 17.7 Å². The number of aromatic nitrogens is 1. The number of aliphatic hydroxyl groups is 1. The van der Waals surface area contributed by atoms with Gasteiger partial charge in [0.15, 0.2) is 11.7 Å². The average Bonchev–Trinajstić information content (AvgIpc) is 3.43. The van der Waals surface area contributed by atoms with E-state index in [1.807, 2.05) is 54.6 Å². The van der Waals surface area contributed by atoms with Gasteiger partial charge in [-0.05, 0) is 62.9 Å². The molecule has 0 saturated heterocycles. The van der Waals surface area contributed by atoms with Gasteiger partial charge >= 0.3 is 6.09 Å². The van der Waals surface area contributed by atoms with E-state index in [4.69, 9.17) is 9.15 Å². The summed E-state index contributed by atoms with van der Waals surface area (Å²) in [5, 5.41) is 25.9. The molecule has 4 aromatic rings. The van der Waals surface area contributed by atoms with Crippen LogP contribution in [0.3, 0.4) is 0 Å². The third-order valence-electron chi connectivity index (χ3n) is 6.56. The van der Waals surface area contributed by atoms with Gasteiger partial charge in [-0.3, -0.25) is 4.79 Å². The van der Waals surface area contributed by atoms with Crippen molar-refractivity contribution < 1.29 is 23.8 Å². The van der Waals surface area contributed by atoms with Crippen molar-refractivity contribution in [3.8, 4) is 6.07 Å². The van der Waals surface area contributed by atoms with E-state index in [0.29, 0.717) is 35.3 Å². The Morgan fingerprint density at radius 1 is 1.05 bits per heavy atom. The van der Waals surface area contributed by atoms with Crippen LogP contribution in [0.1, 0.15) is 55.9 Å². The van der Waals surface area contributed by atoms with E-state index < -0.39 is 29.1 Å². The Balaban J connectivity index is 1.54. The molecule has 1 aromatic heterocycles. The lowest BCUT2D eigenvalue weighted by molar-refractivity contribution is -0.122. The molecule has 3 unspecified atom stereocenters. The molecule has 3 aromatic carbocycles. The van der Waals surface area contributed by atoms with Crippen molar-refractivity contribution >= 4 is 34.9 Å². The molecule has 0 aliphatic heterocycles. The van der Waals surface area contributed by atoms with Crippen LogP contribution in [0.5, 0.6) is 0 Å². The highest BCUT2D eigenvalue weighted by atomic mass is 32.2. The molecule has 3 N–H and O–H groups in total. The summed E-state index contributed by atoms with van der Waals surface area (Å²) in [7, 11) is 0. The van der Waals surface area contributed by atoms with Crippen LogP contribution in [0.4, 0.5) is 4.79 Å². The molecule has 2 amide bonds. The first-order chi connectivity index (χ1) is 20.6. The molecule has 4 rings (SSSR count). The van der Waals surface area contributed by atoms with Gasteiger partial charge in [0.2, 0.25) is 11.8 Å². The summed E-state index contributed by atoms with van der Waals surface area (Å²) in [6.07, 6.45) is -0.865. The van der Waals surface area contributed by atoms with Crippen molar-refractivity contribution in [3.05, 3.63) is 101 Å². The fraction of sp³-hybridized carbons (Fsp3) is 0.333. The molecular weight excluding hydrogens is 564 g/mol. The van der Waals surface area contributed by atoms with Crippen LogP contribution in [0.25, 0.3) is 11.1 Å². The molecule has 0 radical (unpaired) electrons. The Bertz CT molecular complexity index is 1530. The number of hydrogen-bond acceptors (Lipinski definition) is 8. The highest BCUT2D eigenvalue weighted by molar-refractivity contribution is 7.99. The molecule has 0 aliphatic carbocycles. The quantitative estimate of drug-likeness (QED) is 0.189. The number of para-hydroxylation sites is 2. The van der Waals surface area contributed by atoms with E-state index in [2.05, 4.69) is 21.7 Å². The fourth-order valence-electron chi connectivity index (χ4n) is 4.40. The third-order valence-corrected chi connectivity index (χ3v) is 7.82. The van der Waals surface area contributed by atoms with Crippen molar-refractivity contribution in [1.29, 1.82) is 5.26 Å². The van der Waals surface area contributed by atoms with Crippen LogP contribution in [-0.4, -0.2) is 45.5 Å². The zero-order valence-electron chi connectivity index (χ0n) is 24.4. The number of hydrogen-bond donors (Lipinski definition) is 3.